The molecule has 17 heavy (non-hydrogen) atoms. The van der Waals surface area contributed by atoms with Crippen LogP contribution in [0.15, 0.2) is 0 Å². The molecule has 0 saturated heterocycles. The molecule has 1 N–H and O–H groups in total. The molecule has 0 fully saturated rings. The van der Waals surface area contributed by atoms with Crippen LogP contribution in [-0.2, 0) is 19.5 Å². The number of aromatic nitrogens is 3. The highest BCUT2D eigenvalue weighted by Crippen LogP contribution is 2.14. The predicted octanol–water partition coefficient (Wildman–Crippen LogP) is 2.14. The standard InChI is InChI=1S/C13H24N4/c1-3-11(4-2)9-14-10-13-16-15-12-7-5-6-8-17(12)13/h11,14H,3-10H2,1-2H3. The highest BCUT2D eigenvalue weighted by atomic mass is 15.3. The second-order valence-electron chi connectivity index (χ2n) is 4.95. The summed E-state index contributed by atoms with van der Waals surface area (Å²) in [6, 6.07) is 0. The van der Waals surface area contributed by atoms with E-state index in [-0.39, 0.29) is 0 Å². The van der Waals surface area contributed by atoms with Crippen molar-refractivity contribution in [1.82, 2.24) is 20.1 Å². The van der Waals surface area contributed by atoms with Crippen LogP contribution in [0.5, 0.6) is 0 Å². The van der Waals surface area contributed by atoms with Gasteiger partial charge in [-0.3, -0.25) is 0 Å². The minimum Gasteiger partial charge on any atom is -0.314 e. The van der Waals surface area contributed by atoms with Crippen LogP contribution in [0.1, 0.15) is 51.2 Å². The van der Waals surface area contributed by atoms with E-state index in [0.717, 1.165) is 37.8 Å². The Hall–Kier alpha value is -0.900. The Labute approximate surface area is 104 Å². The molecule has 1 aliphatic rings. The Kier molecular flexibility index (Phi) is 4.54. The fourth-order valence-electron chi connectivity index (χ4n) is 2.46. The molecule has 2 heterocycles. The van der Waals surface area contributed by atoms with Crippen LogP contribution in [0.3, 0.4) is 0 Å². The summed E-state index contributed by atoms with van der Waals surface area (Å²) in [7, 11) is 0. The third kappa shape index (κ3) is 3.06. The molecule has 0 unspecified atom stereocenters. The number of fused-ring (bicyclic) bond motifs is 1. The van der Waals surface area contributed by atoms with E-state index in [0.29, 0.717) is 0 Å². The number of nitrogens with one attached hydrogen (secondary N) is 1. The third-order valence-corrected chi connectivity index (χ3v) is 3.81. The van der Waals surface area contributed by atoms with E-state index in [1.54, 1.807) is 0 Å². The molecule has 0 radical (unpaired) electrons. The summed E-state index contributed by atoms with van der Waals surface area (Å²) in [5.74, 6) is 3.08. The minimum atomic E-state index is 0.791. The Morgan fingerprint density at radius 2 is 2.06 bits per heavy atom. The molecule has 0 aromatic carbocycles. The van der Waals surface area contributed by atoms with E-state index in [1.807, 2.05) is 0 Å². The largest absolute Gasteiger partial charge is 0.314 e. The van der Waals surface area contributed by atoms with Gasteiger partial charge >= 0.3 is 0 Å². The Morgan fingerprint density at radius 1 is 1.24 bits per heavy atom. The second kappa shape index (κ2) is 6.15. The lowest BCUT2D eigenvalue weighted by molar-refractivity contribution is 0.436. The van der Waals surface area contributed by atoms with Crippen molar-refractivity contribution in [3.05, 3.63) is 11.6 Å². The first-order valence-corrected chi connectivity index (χ1v) is 6.96. The normalized spacial score (nSPS) is 15.2. The predicted molar refractivity (Wildman–Crippen MR) is 68.7 cm³/mol. The fourth-order valence-corrected chi connectivity index (χ4v) is 2.46. The van der Waals surface area contributed by atoms with Crippen LogP contribution in [-0.4, -0.2) is 21.3 Å². The molecular weight excluding hydrogens is 212 g/mol. The van der Waals surface area contributed by atoms with Crippen molar-refractivity contribution >= 4 is 0 Å². The highest BCUT2D eigenvalue weighted by Gasteiger charge is 2.15. The van der Waals surface area contributed by atoms with Gasteiger partial charge < -0.3 is 9.88 Å². The van der Waals surface area contributed by atoms with Crippen molar-refractivity contribution < 1.29 is 0 Å². The van der Waals surface area contributed by atoms with E-state index in [9.17, 15) is 0 Å². The number of hydrogen-bond acceptors (Lipinski definition) is 3. The van der Waals surface area contributed by atoms with Gasteiger partial charge in [0, 0.05) is 13.0 Å². The maximum absolute atomic E-state index is 4.30. The van der Waals surface area contributed by atoms with E-state index in [4.69, 9.17) is 0 Å². The van der Waals surface area contributed by atoms with E-state index >= 15 is 0 Å². The molecule has 0 aliphatic carbocycles. The zero-order valence-corrected chi connectivity index (χ0v) is 11.1. The monoisotopic (exact) mass is 236 g/mol. The van der Waals surface area contributed by atoms with E-state index in [2.05, 4.69) is 33.9 Å². The van der Waals surface area contributed by atoms with Gasteiger partial charge in [0.2, 0.25) is 0 Å². The van der Waals surface area contributed by atoms with Gasteiger partial charge in [-0.2, -0.15) is 0 Å². The summed E-state index contributed by atoms with van der Waals surface area (Å²) in [4.78, 5) is 0. The molecular formula is C13H24N4. The molecule has 1 aromatic heterocycles. The van der Waals surface area contributed by atoms with Gasteiger partial charge in [0.25, 0.3) is 0 Å². The lowest BCUT2D eigenvalue weighted by atomic mass is 10.0. The van der Waals surface area contributed by atoms with Crippen LogP contribution < -0.4 is 5.32 Å². The summed E-state index contributed by atoms with van der Waals surface area (Å²) in [6.45, 7) is 7.58. The topological polar surface area (TPSA) is 42.7 Å². The molecule has 4 nitrogen and oxygen atoms in total. The van der Waals surface area contributed by atoms with Gasteiger partial charge in [0.1, 0.15) is 11.6 Å². The van der Waals surface area contributed by atoms with Crippen LogP contribution in [0, 0.1) is 5.92 Å². The first kappa shape index (κ1) is 12.6. The third-order valence-electron chi connectivity index (χ3n) is 3.81. The first-order valence-electron chi connectivity index (χ1n) is 6.96. The molecule has 96 valence electrons. The van der Waals surface area contributed by atoms with Crippen molar-refractivity contribution in [2.24, 2.45) is 5.92 Å². The van der Waals surface area contributed by atoms with E-state index in [1.165, 1.54) is 31.5 Å². The smallest absolute Gasteiger partial charge is 0.147 e. The van der Waals surface area contributed by atoms with Gasteiger partial charge in [-0.25, -0.2) is 0 Å². The lowest BCUT2D eigenvalue weighted by Gasteiger charge is -2.16. The quantitative estimate of drug-likeness (QED) is 0.823. The maximum atomic E-state index is 4.30. The SMILES string of the molecule is CCC(CC)CNCc1nnc2n1CCCC2. The molecule has 0 saturated carbocycles. The fraction of sp³-hybridized carbons (Fsp3) is 0.846. The molecule has 0 amide bonds. The Morgan fingerprint density at radius 3 is 2.82 bits per heavy atom. The van der Waals surface area contributed by atoms with Gasteiger partial charge in [-0.1, -0.05) is 26.7 Å². The summed E-state index contributed by atoms with van der Waals surface area (Å²) < 4.78 is 2.30. The van der Waals surface area contributed by atoms with Crippen LogP contribution >= 0.6 is 0 Å². The molecule has 1 aliphatic heterocycles. The molecule has 2 rings (SSSR count). The minimum absolute atomic E-state index is 0.791. The average molecular weight is 236 g/mol. The molecule has 0 bridgehead atoms. The molecule has 0 atom stereocenters. The lowest BCUT2D eigenvalue weighted by Crippen LogP contribution is -2.24. The zero-order chi connectivity index (χ0) is 12.1. The second-order valence-corrected chi connectivity index (χ2v) is 4.95. The number of nitrogens with zero attached hydrogens (tertiary/aromatic N) is 3. The van der Waals surface area contributed by atoms with Crippen molar-refractivity contribution in [2.75, 3.05) is 6.54 Å². The van der Waals surface area contributed by atoms with Crippen LogP contribution in [0.25, 0.3) is 0 Å². The number of aryl methyl sites for hydroxylation is 1. The van der Waals surface area contributed by atoms with Crippen molar-refractivity contribution in [1.29, 1.82) is 0 Å². The van der Waals surface area contributed by atoms with Crippen molar-refractivity contribution in [3.63, 3.8) is 0 Å². The number of rotatable bonds is 6. The average Bonchev–Trinajstić information content (AvgIpc) is 2.78. The Balaban J connectivity index is 1.85. The maximum Gasteiger partial charge on any atom is 0.147 e. The van der Waals surface area contributed by atoms with Gasteiger partial charge in [-0.15, -0.1) is 10.2 Å². The van der Waals surface area contributed by atoms with Crippen molar-refractivity contribution in [3.8, 4) is 0 Å². The summed E-state index contributed by atoms with van der Waals surface area (Å²) in [6.07, 6.45) is 6.13. The summed E-state index contributed by atoms with van der Waals surface area (Å²) >= 11 is 0. The summed E-state index contributed by atoms with van der Waals surface area (Å²) in [5.41, 5.74) is 0. The first-order chi connectivity index (χ1) is 8.35. The van der Waals surface area contributed by atoms with Gasteiger partial charge in [0.05, 0.1) is 6.54 Å². The van der Waals surface area contributed by atoms with Crippen LogP contribution in [0.2, 0.25) is 0 Å². The van der Waals surface area contributed by atoms with Crippen LogP contribution in [0.4, 0.5) is 0 Å². The molecule has 0 spiro atoms. The molecule has 4 heteroatoms. The number of hydrogen-bond donors (Lipinski definition) is 1. The van der Waals surface area contributed by atoms with Gasteiger partial charge in [-0.05, 0) is 25.3 Å². The van der Waals surface area contributed by atoms with Gasteiger partial charge in [0.15, 0.2) is 0 Å². The highest BCUT2D eigenvalue weighted by molar-refractivity contribution is 4.98. The molecule has 1 aromatic rings. The zero-order valence-electron chi connectivity index (χ0n) is 11.1. The van der Waals surface area contributed by atoms with Crippen molar-refractivity contribution in [2.45, 2.75) is 59.0 Å². The Bertz CT molecular complexity index is 341. The summed E-state index contributed by atoms with van der Waals surface area (Å²) in [5, 5.41) is 12.1. The van der Waals surface area contributed by atoms with E-state index < -0.39 is 0 Å².